The highest BCUT2D eigenvalue weighted by Crippen LogP contribution is 2.23. The van der Waals surface area contributed by atoms with E-state index in [9.17, 15) is 9.59 Å². The lowest BCUT2D eigenvalue weighted by Gasteiger charge is -2.10. The van der Waals surface area contributed by atoms with Crippen LogP contribution >= 0.6 is 0 Å². The molecule has 1 heterocycles. The molecule has 20 heavy (non-hydrogen) atoms. The molecule has 0 aliphatic carbocycles. The topological polar surface area (TPSA) is 76.7 Å². The summed E-state index contributed by atoms with van der Waals surface area (Å²) in [6, 6.07) is 5.88. The number of rotatable bonds is 5. The fraction of sp³-hybridized carbons (Fsp3) is 0.333. The summed E-state index contributed by atoms with van der Waals surface area (Å²) in [5, 5.41) is 9.16. The summed E-state index contributed by atoms with van der Waals surface area (Å²) >= 11 is 0. The van der Waals surface area contributed by atoms with Crippen LogP contribution in [0.15, 0.2) is 33.5 Å². The lowest BCUT2D eigenvalue weighted by molar-refractivity contribution is 0.0663. The van der Waals surface area contributed by atoms with E-state index in [-0.39, 0.29) is 16.7 Å². The van der Waals surface area contributed by atoms with E-state index in [0.717, 1.165) is 12.5 Å². The smallest absolute Gasteiger partial charge is 0.371 e. The summed E-state index contributed by atoms with van der Waals surface area (Å²) < 4.78 is 10.8. The van der Waals surface area contributed by atoms with Gasteiger partial charge in [0.25, 0.3) is 0 Å². The fourth-order valence-electron chi connectivity index (χ4n) is 1.81. The van der Waals surface area contributed by atoms with Gasteiger partial charge >= 0.3 is 5.97 Å². The standard InChI is InChI=1S/C15H16O5/c1-9(2)6-7-19-11-4-3-5-12-14(11)10(16)8-13(20-12)15(17)18/h3-5,8-9H,6-7H2,1-2H3,(H,17,18). The third-order valence-electron chi connectivity index (χ3n) is 2.88. The largest absolute Gasteiger partial charge is 0.493 e. The number of carboxylic acids is 1. The first-order chi connectivity index (χ1) is 9.49. The molecule has 0 saturated carbocycles. The molecule has 1 N–H and O–H groups in total. The molecule has 0 radical (unpaired) electrons. The molecule has 1 aromatic heterocycles. The SMILES string of the molecule is CC(C)CCOc1cccc2oc(C(=O)O)cc(=O)c12. The van der Waals surface area contributed by atoms with Crippen molar-refractivity contribution in [2.24, 2.45) is 5.92 Å². The van der Waals surface area contributed by atoms with E-state index in [4.69, 9.17) is 14.3 Å². The van der Waals surface area contributed by atoms with Gasteiger partial charge < -0.3 is 14.3 Å². The third kappa shape index (κ3) is 2.99. The van der Waals surface area contributed by atoms with Crippen LogP contribution in [0, 0.1) is 5.92 Å². The molecule has 0 aliphatic heterocycles. The van der Waals surface area contributed by atoms with Gasteiger partial charge in [-0.3, -0.25) is 4.79 Å². The highest BCUT2D eigenvalue weighted by atomic mass is 16.5. The van der Waals surface area contributed by atoms with E-state index >= 15 is 0 Å². The van der Waals surface area contributed by atoms with E-state index in [1.165, 1.54) is 0 Å². The molecule has 2 rings (SSSR count). The molecule has 5 nitrogen and oxygen atoms in total. The number of fused-ring (bicyclic) bond motifs is 1. The molecule has 1 aromatic carbocycles. The monoisotopic (exact) mass is 276 g/mol. The Kier molecular flexibility index (Phi) is 4.08. The summed E-state index contributed by atoms with van der Waals surface area (Å²) in [7, 11) is 0. The Morgan fingerprint density at radius 2 is 2.15 bits per heavy atom. The van der Waals surface area contributed by atoms with Gasteiger partial charge in [-0.2, -0.15) is 0 Å². The van der Waals surface area contributed by atoms with Crippen LogP contribution in [0.25, 0.3) is 11.0 Å². The zero-order valence-corrected chi connectivity index (χ0v) is 11.4. The van der Waals surface area contributed by atoms with Crippen molar-refractivity contribution in [2.45, 2.75) is 20.3 Å². The predicted octanol–water partition coefficient (Wildman–Crippen LogP) is 2.92. The van der Waals surface area contributed by atoms with Crippen LogP contribution in [0.1, 0.15) is 30.8 Å². The number of hydrogen-bond donors (Lipinski definition) is 1. The Bertz CT molecular complexity index is 684. The van der Waals surface area contributed by atoms with E-state index in [1.807, 2.05) is 0 Å². The van der Waals surface area contributed by atoms with Crippen molar-refractivity contribution in [2.75, 3.05) is 6.61 Å². The molecule has 2 aromatic rings. The number of benzene rings is 1. The molecular formula is C15H16O5. The Morgan fingerprint density at radius 1 is 1.40 bits per heavy atom. The summed E-state index contributed by atoms with van der Waals surface area (Å²) in [5.41, 5.74) is -0.194. The van der Waals surface area contributed by atoms with E-state index in [0.29, 0.717) is 18.3 Å². The van der Waals surface area contributed by atoms with E-state index in [1.54, 1.807) is 18.2 Å². The minimum absolute atomic E-state index is 0.219. The van der Waals surface area contributed by atoms with Crippen LogP contribution in [-0.4, -0.2) is 17.7 Å². The summed E-state index contributed by atoms with van der Waals surface area (Å²) in [5.74, 6) is -0.717. The number of ether oxygens (including phenoxy) is 1. The van der Waals surface area contributed by atoms with Crippen LogP contribution in [0.5, 0.6) is 5.75 Å². The molecule has 106 valence electrons. The molecule has 0 amide bonds. The van der Waals surface area contributed by atoms with Crippen molar-refractivity contribution >= 4 is 16.9 Å². The van der Waals surface area contributed by atoms with Crippen LogP contribution in [0.3, 0.4) is 0 Å². The third-order valence-corrected chi connectivity index (χ3v) is 2.88. The first-order valence-corrected chi connectivity index (χ1v) is 6.42. The van der Waals surface area contributed by atoms with Gasteiger partial charge in [-0.15, -0.1) is 0 Å². The molecule has 0 aliphatic rings. The second kappa shape index (κ2) is 5.77. The quantitative estimate of drug-likeness (QED) is 0.908. The number of carboxylic acid groups (broad SMARTS) is 1. The van der Waals surface area contributed by atoms with Gasteiger partial charge in [-0.25, -0.2) is 4.79 Å². The lowest BCUT2D eigenvalue weighted by Crippen LogP contribution is -2.09. The zero-order valence-electron chi connectivity index (χ0n) is 11.4. The van der Waals surface area contributed by atoms with Crippen LogP contribution in [0.2, 0.25) is 0 Å². The molecule has 0 saturated heterocycles. The van der Waals surface area contributed by atoms with Gasteiger partial charge in [0.2, 0.25) is 5.76 Å². The average Bonchev–Trinajstić information content (AvgIpc) is 2.37. The second-order valence-electron chi connectivity index (χ2n) is 4.94. The molecule has 0 bridgehead atoms. The first kappa shape index (κ1) is 14.1. The molecule has 0 atom stereocenters. The van der Waals surface area contributed by atoms with Gasteiger partial charge in [0, 0.05) is 6.07 Å². The highest BCUT2D eigenvalue weighted by Gasteiger charge is 2.14. The van der Waals surface area contributed by atoms with Gasteiger partial charge in [-0.05, 0) is 24.5 Å². The van der Waals surface area contributed by atoms with Crippen molar-refractivity contribution in [3.05, 3.63) is 40.2 Å². The van der Waals surface area contributed by atoms with Crippen molar-refractivity contribution < 1.29 is 19.1 Å². The average molecular weight is 276 g/mol. The van der Waals surface area contributed by atoms with Gasteiger partial charge in [0.15, 0.2) is 5.43 Å². The molecule has 5 heteroatoms. The number of carbonyl (C=O) groups is 1. The van der Waals surface area contributed by atoms with Crippen molar-refractivity contribution in [3.63, 3.8) is 0 Å². The summed E-state index contributed by atoms with van der Waals surface area (Å²) in [6.45, 7) is 4.66. The highest BCUT2D eigenvalue weighted by molar-refractivity contribution is 5.89. The predicted molar refractivity (Wildman–Crippen MR) is 74.4 cm³/mol. The molecular weight excluding hydrogens is 260 g/mol. The summed E-state index contributed by atoms with van der Waals surface area (Å²) in [4.78, 5) is 22.9. The maximum Gasteiger partial charge on any atom is 0.371 e. The molecule has 0 fully saturated rings. The Labute approximate surface area is 115 Å². The van der Waals surface area contributed by atoms with Gasteiger partial charge in [-0.1, -0.05) is 19.9 Å². The van der Waals surface area contributed by atoms with E-state index in [2.05, 4.69) is 13.8 Å². The van der Waals surface area contributed by atoms with Crippen LogP contribution in [0.4, 0.5) is 0 Å². The van der Waals surface area contributed by atoms with Gasteiger partial charge in [0.1, 0.15) is 16.7 Å². The fourth-order valence-corrected chi connectivity index (χ4v) is 1.81. The van der Waals surface area contributed by atoms with E-state index < -0.39 is 11.4 Å². The maximum absolute atomic E-state index is 12.0. The van der Waals surface area contributed by atoms with Crippen molar-refractivity contribution in [3.8, 4) is 5.75 Å². The second-order valence-corrected chi connectivity index (χ2v) is 4.94. The zero-order chi connectivity index (χ0) is 14.7. The number of hydrogen-bond acceptors (Lipinski definition) is 4. The van der Waals surface area contributed by atoms with Crippen LogP contribution in [-0.2, 0) is 0 Å². The lowest BCUT2D eigenvalue weighted by atomic mass is 10.1. The molecule has 0 unspecified atom stereocenters. The van der Waals surface area contributed by atoms with Gasteiger partial charge in [0.05, 0.1) is 6.61 Å². The van der Waals surface area contributed by atoms with Crippen LogP contribution < -0.4 is 10.2 Å². The first-order valence-electron chi connectivity index (χ1n) is 6.42. The Hall–Kier alpha value is -2.30. The minimum Gasteiger partial charge on any atom is -0.493 e. The minimum atomic E-state index is -1.27. The number of aromatic carboxylic acids is 1. The van der Waals surface area contributed by atoms with Crippen molar-refractivity contribution in [1.82, 2.24) is 0 Å². The molecule has 0 spiro atoms. The maximum atomic E-state index is 12.0. The van der Waals surface area contributed by atoms with Crippen molar-refractivity contribution in [1.29, 1.82) is 0 Å². The Morgan fingerprint density at radius 3 is 2.80 bits per heavy atom. The normalized spacial score (nSPS) is 10.9. The summed E-state index contributed by atoms with van der Waals surface area (Å²) in [6.07, 6.45) is 0.870. The Balaban J connectivity index is 2.42.